The van der Waals surface area contributed by atoms with Crippen LogP contribution in [0.3, 0.4) is 0 Å². The van der Waals surface area contributed by atoms with Crippen molar-refractivity contribution >= 4 is 21.4 Å². The van der Waals surface area contributed by atoms with Crippen LogP contribution >= 0.6 is 11.3 Å². The third kappa shape index (κ3) is 1.44. The van der Waals surface area contributed by atoms with E-state index in [1.54, 1.807) is 0 Å². The molecule has 0 nitrogen and oxygen atoms in total. The summed E-state index contributed by atoms with van der Waals surface area (Å²) in [5.41, 5.74) is 1.20. The number of rotatable bonds is 1. The lowest BCUT2D eigenvalue weighted by Crippen LogP contribution is -1.85. The molecular weight excluding hydrogens is 195 g/mol. The topological polar surface area (TPSA) is 0 Å². The highest BCUT2D eigenvalue weighted by Crippen LogP contribution is 2.31. The van der Waals surface area contributed by atoms with E-state index in [4.69, 9.17) is 0 Å². The quantitative estimate of drug-likeness (QED) is 0.648. The van der Waals surface area contributed by atoms with E-state index in [9.17, 15) is 4.39 Å². The second kappa shape index (κ2) is 3.35. The molecule has 0 atom stereocenters. The molecule has 74 valence electrons. The van der Waals surface area contributed by atoms with Gasteiger partial charge in [0.15, 0.2) is 0 Å². The average Bonchev–Trinajstić information content (AvgIpc) is 2.43. The maximum Gasteiger partial charge on any atom is 0.144 e. The molecule has 14 heavy (non-hydrogen) atoms. The fourth-order valence-corrected chi connectivity index (χ4v) is 2.49. The number of aryl methyl sites for hydroxylation is 1. The van der Waals surface area contributed by atoms with Crippen LogP contribution in [0.25, 0.3) is 10.1 Å². The number of thiophene rings is 1. The molecule has 0 aliphatic heterocycles. The predicted octanol–water partition coefficient (Wildman–Crippen LogP) is 4.47. The first-order valence-electron chi connectivity index (χ1n) is 4.78. The van der Waals surface area contributed by atoms with Gasteiger partial charge < -0.3 is 0 Å². The van der Waals surface area contributed by atoms with Gasteiger partial charge in [-0.15, -0.1) is 11.3 Å². The van der Waals surface area contributed by atoms with E-state index in [1.807, 2.05) is 19.1 Å². The lowest BCUT2D eigenvalue weighted by atomic mass is 10.0. The van der Waals surface area contributed by atoms with Crippen molar-refractivity contribution in [3.8, 4) is 0 Å². The van der Waals surface area contributed by atoms with Crippen molar-refractivity contribution in [1.82, 2.24) is 0 Å². The molecule has 0 saturated heterocycles. The summed E-state index contributed by atoms with van der Waals surface area (Å²) >= 11 is 1.52. The summed E-state index contributed by atoms with van der Waals surface area (Å²) in [5, 5.41) is 0.777. The Hall–Kier alpha value is -0.890. The van der Waals surface area contributed by atoms with Crippen molar-refractivity contribution in [2.24, 2.45) is 0 Å². The van der Waals surface area contributed by atoms with Crippen LogP contribution in [0.1, 0.15) is 30.2 Å². The minimum atomic E-state index is -0.0486. The van der Waals surface area contributed by atoms with Crippen LogP contribution in [0.2, 0.25) is 0 Å². The molecule has 1 aromatic heterocycles. The normalized spacial score (nSPS) is 11.5. The molecule has 2 rings (SSSR count). The molecule has 0 fully saturated rings. The summed E-state index contributed by atoms with van der Waals surface area (Å²) < 4.78 is 14.7. The molecule has 1 aromatic carbocycles. The molecule has 0 saturated carbocycles. The van der Waals surface area contributed by atoms with Crippen molar-refractivity contribution in [3.05, 3.63) is 34.5 Å². The smallest absolute Gasteiger partial charge is 0.144 e. The third-order valence-corrected chi connectivity index (χ3v) is 3.54. The van der Waals surface area contributed by atoms with E-state index < -0.39 is 0 Å². The van der Waals surface area contributed by atoms with E-state index >= 15 is 0 Å². The first-order valence-corrected chi connectivity index (χ1v) is 5.60. The summed E-state index contributed by atoms with van der Waals surface area (Å²) in [4.78, 5) is 0.779. The summed E-state index contributed by atoms with van der Waals surface area (Å²) in [6, 6.07) is 6.08. The summed E-state index contributed by atoms with van der Waals surface area (Å²) in [6.45, 7) is 6.08. The number of hydrogen-bond donors (Lipinski definition) is 0. The molecule has 0 bridgehead atoms. The second-order valence-corrected chi connectivity index (χ2v) is 5.14. The molecule has 0 amide bonds. The monoisotopic (exact) mass is 208 g/mol. The molecule has 2 heteroatoms. The van der Waals surface area contributed by atoms with Gasteiger partial charge in [-0.1, -0.05) is 19.9 Å². The summed E-state index contributed by atoms with van der Waals surface area (Å²) in [5.74, 6) is 0.409. The molecule has 0 spiro atoms. The maximum atomic E-state index is 13.6. The first-order chi connectivity index (χ1) is 6.59. The molecule has 0 radical (unpaired) electrons. The molecule has 0 aliphatic carbocycles. The SMILES string of the molecule is Cc1sc2ccc(C(C)C)cc2c1F. The number of fused-ring (bicyclic) bond motifs is 1. The van der Waals surface area contributed by atoms with Gasteiger partial charge in [0.1, 0.15) is 5.82 Å². The highest BCUT2D eigenvalue weighted by atomic mass is 32.1. The minimum Gasteiger partial charge on any atom is -0.205 e. The van der Waals surface area contributed by atoms with Crippen LogP contribution in [0.15, 0.2) is 18.2 Å². The number of hydrogen-bond acceptors (Lipinski definition) is 1. The van der Waals surface area contributed by atoms with E-state index in [2.05, 4.69) is 19.9 Å². The van der Waals surface area contributed by atoms with Gasteiger partial charge in [-0.05, 0) is 30.5 Å². The van der Waals surface area contributed by atoms with E-state index in [0.717, 1.165) is 15.0 Å². The Bertz CT molecular complexity index is 468. The zero-order chi connectivity index (χ0) is 10.3. The van der Waals surface area contributed by atoms with Gasteiger partial charge in [0.2, 0.25) is 0 Å². The molecular formula is C12H13FS. The van der Waals surface area contributed by atoms with Crippen LogP contribution < -0.4 is 0 Å². The van der Waals surface area contributed by atoms with Crippen LogP contribution in [0, 0.1) is 12.7 Å². The van der Waals surface area contributed by atoms with Crippen LogP contribution in [0.5, 0.6) is 0 Å². The first kappa shape index (κ1) is 9.66. The van der Waals surface area contributed by atoms with E-state index in [0.29, 0.717) is 5.92 Å². The van der Waals surface area contributed by atoms with Crippen LogP contribution in [-0.4, -0.2) is 0 Å². The molecule has 0 aliphatic rings. The van der Waals surface area contributed by atoms with E-state index in [-0.39, 0.29) is 5.82 Å². The van der Waals surface area contributed by atoms with E-state index in [1.165, 1.54) is 16.9 Å². The minimum absolute atomic E-state index is 0.0486. The summed E-state index contributed by atoms with van der Waals surface area (Å²) in [7, 11) is 0. The Kier molecular flexibility index (Phi) is 2.31. The third-order valence-electron chi connectivity index (χ3n) is 2.48. The number of halogens is 1. The Morgan fingerprint density at radius 2 is 2.00 bits per heavy atom. The standard InChI is InChI=1S/C12H13FS/c1-7(2)9-4-5-11-10(6-9)12(13)8(3)14-11/h4-7H,1-3H3. The van der Waals surface area contributed by atoms with Gasteiger partial charge in [0, 0.05) is 15.0 Å². The van der Waals surface area contributed by atoms with Gasteiger partial charge in [0.25, 0.3) is 0 Å². The lowest BCUT2D eigenvalue weighted by molar-refractivity contribution is 0.636. The fraction of sp³-hybridized carbons (Fsp3) is 0.333. The van der Waals surface area contributed by atoms with Crippen molar-refractivity contribution in [1.29, 1.82) is 0 Å². The van der Waals surface area contributed by atoms with Gasteiger partial charge >= 0.3 is 0 Å². The Labute approximate surface area is 87.4 Å². The highest BCUT2D eigenvalue weighted by molar-refractivity contribution is 7.19. The average molecular weight is 208 g/mol. The van der Waals surface area contributed by atoms with Crippen molar-refractivity contribution in [3.63, 3.8) is 0 Å². The highest BCUT2D eigenvalue weighted by Gasteiger charge is 2.09. The van der Waals surface area contributed by atoms with Crippen molar-refractivity contribution < 1.29 is 4.39 Å². The maximum absolute atomic E-state index is 13.6. The lowest BCUT2D eigenvalue weighted by Gasteiger charge is -2.04. The Morgan fingerprint density at radius 3 is 2.64 bits per heavy atom. The van der Waals surface area contributed by atoms with Crippen LogP contribution in [0.4, 0.5) is 4.39 Å². The zero-order valence-electron chi connectivity index (χ0n) is 8.60. The molecule has 1 heterocycles. The molecule has 0 unspecified atom stereocenters. The van der Waals surface area contributed by atoms with Gasteiger partial charge in [0.05, 0.1) is 0 Å². The summed E-state index contributed by atoms with van der Waals surface area (Å²) in [6.07, 6.45) is 0. The van der Waals surface area contributed by atoms with Gasteiger partial charge in [-0.3, -0.25) is 0 Å². The van der Waals surface area contributed by atoms with Gasteiger partial charge in [-0.25, -0.2) is 4.39 Å². The largest absolute Gasteiger partial charge is 0.205 e. The van der Waals surface area contributed by atoms with Crippen LogP contribution in [-0.2, 0) is 0 Å². The Balaban J connectivity index is 2.69. The van der Waals surface area contributed by atoms with Crippen molar-refractivity contribution in [2.75, 3.05) is 0 Å². The van der Waals surface area contributed by atoms with Gasteiger partial charge in [-0.2, -0.15) is 0 Å². The predicted molar refractivity (Wildman–Crippen MR) is 60.6 cm³/mol. The fourth-order valence-electron chi connectivity index (χ4n) is 1.57. The Morgan fingerprint density at radius 1 is 1.29 bits per heavy atom. The second-order valence-electron chi connectivity index (χ2n) is 3.88. The molecule has 2 aromatic rings. The number of benzene rings is 1. The van der Waals surface area contributed by atoms with Crippen molar-refractivity contribution in [2.45, 2.75) is 26.7 Å². The zero-order valence-corrected chi connectivity index (χ0v) is 9.41. The molecule has 0 N–H and O–H groups in total.